The highest BCUT2D eigenvalue weighted by Gasteiger charge is 2.39. The van der Waals surface area contributed by atoms with Crippen LogP contribution in [0.15, 0.2) is 91.0 Å². The summed E-state index contributed by atoms with van der Waals surface area (Å²) in [5.41, 5.74) is 2.73. The standard InChI is InChI=1S/C38H47ClN4O2/c1-38(2,41-36(44)21-18-29-16-19-32(39)20-17-29)35-23-27-43(37(45)34(40-35)22-26-42-24-10-5-11-25-42)28-33(30-12-6-3-7-13-30)31-14-8-4-9-15-31/h3-4,6-9,12-21,33-35,40H,5,10-11,22-28H2,1-2H3,(H,41,44). The smallest absolute Gasteiger partial charge is 0.244 e. The first-order valence-corrected chi connectivity index (χ1v) is 16.8. The van der Waals surface area contributed by atoms with Gasteiger partial charge in [0.15, 0.2) is 0 Å². The normalized spacial score (nSPS) is 20.0. The van der Waals surface area contributed by atoms with Gasteiger partial charge in [-0.25, -0.2) is 0 Å². The number of nitrogens with zero attached hydrogens (tertiary/aromatic N) is 2. The van der Waals surface area contributed by atoms with Crippen LogP contribution in [0.25, 0.3) is 6.08 Å². The van der Waals surface area contributed by atoms with Gasteiger partial charge in [-0.1, -0.05) is 90.8 Å². The molecule has 6 nitrogen and oxygen atoms in total. The largest absolute Gasteiger partial charge is 0.346 e. The van der Waals surface area contributed by atoms with Crippen molar-refractivity contribution in [3.63, 3.8) is 0 Å². The molecule has 7 heteroatoms. The van der Waals surface area contributed by atoms with Gasteiger partial charge < -0.3 is 20.4 Å². The number of halogens is 1. The van der Waals surface area contributed by atoms with Gasteiger partial charge in [0.05, 0.1) is 11.6 Å². The van der Waals surface area contributed by atoms with Gasteiger partial charge in [-0.05, 0) is 87.5 Å². The monoisotopic (exact) mass is 626 g/mol. The van der Waals surface area contributed by atoms with Crippen LogP contribution in [0.1, 0.15) is 68.6 Å². The highest BCUT2D eigenvalue weighted by atomic mass is 35.5. The maximum absolute atomic E-state index is 14.3. The summed E-state index contributed by atoms with van der Waals surface area (Å²) in [5.74, 6) is 0.0553. The molecule has 2 amide bonds. The minimum Gasteiger partial charge on any atom is -0.346 e. The van der Waals surface area contributed by atoms with Gasteiger partial charge in [-0.2, -0.15) is 0 Å². The average molecular weight is 627 g/mol. The number of amides is 2. The lowest BCUT2D eigenvalue weighted by Crippen LogP contribution is -2.60. The van der Waals surface area contributed by atoms with E-state index in [2.05, 4.69) is 82.8 Å². The fourth-order valence-corrected chi connectivity index (χ4v) is 6.78. The maximum Gasteiger partial charge on any atom is 0.244 e. The molecule has 0 bridgehead atoms. The topological polar surface area (TPSA) is 64.7 Å². The molecule has 2 heterocycles. The van der Waals surface area contributed by atoms with Crippen LogP contribution in [0, 0.1) is 0 Å². The summed E-state index contributed by atoms with van der Waals surface area (Å²) in [6, 6.07) is 28.0. The zero-order valence-electron chi connectivity index (χ0n) is 26.6. The van der Waals surface area contributed by atoms with Gasteiger partial charge in [-0.3, -0.25) is 9.59 Å². The molecule has 3 aromatic rings. The summed E-state index contributed by atoms with van der Waals surface area (Å²) in [5, 5.41) is 7.63. The zero-order valence-corrected chi connectivity index (χ0v) is 27.4. The number of hydrogen-bond donors (Lipinski definition) is 2. The van der Waals surface area contributed by atoms with E-state index in [0.29, 0.717) is 18.1 Å². The lowest BCUT2D eigenvalue weighted by atomic mass is 9.90. The van der Waals surface area contributed by atoms with E-state index in [1.807, 2.05) is 36.4 Å². The third-order valence-corrected chi connectivity index (χ3v) is 9.56. The number of benzene rings is 3. The van der Waals surface area contributed by atoms with Crippen molar-refractivity contribution in [1.29, 1.82) is 0 Å². The van der Waals surface area contributed by atoms with Gasteiger partial charge in [0.25, 0.3) is 0 Å². The van der Waals surface area contributed by atoms with Gasteiger partial charge in [0.1, 0.15) is 0 Å². The van der Waals surface area contributed by atoms with Crippen LogP contribution in [0.4, 0.5) is 0 Å². The number of hydrogen-bond acceptors (Lipinski definition) is 4. The Hall–Kier alpha value is -3.45. The van der Waals surface area contributed by atoms with E-state index < -0.39 is 5.54 Å². The number of piperidine rings is 1. The van der Waals surface area contributed by atoms with Gasteiger partial charge >= 0.3 is 0 Å². The first-order valence-electron chi connectivity index (χ1n) is 16.4. The molecule has 2 saturated heterocycles. The Morgan fingerprint density at radius 3 is 2.18 bits per heavy atom. The van der Waals surface area contributed by atoms with Gasteiger partial charge in [-0.15, -0.1) is 0 Å². The van der Waals surface area contributed by atoms with Crippen molar-refractivity contribution in [3.8, 4) is 0 Å². The van der Waals surface area contributed by atoms with Crippen molar-refractivity contribution in [2.45, 2.75) is 69.5 Å². The predicted octanol–water partition coefficient (Wildman–Crippen LogP) is 6.52. The van der Waals surface area contributed by atoms with E-state index in [-0.39, 0.29) is 29.8 Å². The average Bonchev–Trinajstić information content (AvgIpc) is 3.22. The molecule has 3 aromatic carbocycles. The van der Waals surface area contributed by atoms with E-state index in [9.17, 15) is 9.59 Å². The maximum atomic E-state index is 14.3. The van der Waals surface area contributed by atoms with E-state index in [0.717, 1.165) is 38.0 Å². The Bertz CT molecular complexity index is 1370. The highest BCUT2D eigenvalue weighted by molar-refractivity contribution is 6.30. The molecule has 2 N–H and O–H groups in total. The van der Waals surface area contributed by atoms with Crippen LogP contribution < -0.4 is 10.6 Å². The minimum atomic E-state index is -0.584. The van der Waals surface area contributed by atoms with Crippen molar-refractivity contribution in [2.75, 3.05) is 32.7 Å². The Balaban J connectivity index is 1.34. The van der Waals surface area contributed by atoms with E-state index in [1.165, 1.54) is 30.4 Å². The first kappa shape index (κ1) is 32.9. The number of carbonyl (C=O) groups is 2. The first-order chi connectivity index (χ1) is 21.8. The molecule has 0 radical (unpaired) electrons. The summed E-state index contributed by atoms with van der Waals surface area (Å²) < 4.78 is 0. The number of carbonyl (C=O) groups excluding carboxylic acids is 2. The number of likely N-dealkylation sites (tertiary alicyclic amines) is 1. The lowest BCUT2D eigenvalue weighted by molar-refractivity contribution is -0.133. The fraction of sp³-hybridized carbons (Fsp3) is 0.421. The molecule has 2 aliphatic rings. The van der Waals surface area contributed by atoms with Gasteiger partial charge in [0, 0.05) is 42.7 Å². The van der Waals surface area contributed by atoms with Crippen LogP contribution >= 0.6 is 11.6 Å². The Morgan fingerprint density at radius 1 is 0.933 bits per heavy atom. The molecule has 0 aliphatic carbocycles. The van der Waals surface area contributed by atoms with E-state index in [4.69, 9.17) is 11.6 Å². The van der Waals surface area contributed by atoms with Crippen LogP contribution in [0.3, 0.4) is 0 Å². The van der Waals surface area contributed by atoms with Crippen molar-refractivity contribution in [2.24, 2.45) is 0 Å². The van der Waals surface area contributed by atoms with Crippen LogP contribution in [-0.2, 0) is 9.59 Å². The summed E-state index contributed by atoms with van der Waals surface area (Å²) in [4.78, 5) is 32.0. The molecule has 5 rings (SSSR count). The SMILES string of the molecule is CC(C)(NC(=O)C=Cc1ccc(Cl)cc1)C1CCN(CC(c2ccccc2)c2ccccc2)C(=O)C(CCN2CCCCC2)N1. The molecule has 45 heavy (non-hydrogen) atoms. The fourth-order valence-electron chi connectivity index (χ4n) is 6.65. The van der Waals surface area contributed by atoms with Crippen molar-refractivity contribution in [1.82, 2.24) is 20.4 Å². The third kappa shape index (κ3) is 9.29. The van der Waals surface area contributed by atoms with Crippen LogP contribution in [0.5, 0.6) is 0 Å². The molecule has 0 aromatic heterocycles. The van der Waals surface area contributed by atoms with Crippen molar-refractivity contribution >= 4 is 29.5 Å². The molecule has 2 aliphatic heterocycles. The zero-order chi connectivity index (χ0) is 31.6. The quantitative estimate of drug-likeness (QED) is 0.238. The third-order valence-electron chi connectivity index (χ3n) is 9.30. The molecule has 2 atom stereocenters. The molecule has 2 unspecified atom stereocenters. The van der Waals surface area contributed by atoms with Crippen molar-refractivity contribution < 1.29 is 9.59 Å². The minimum absolute atomic E-state index is 0.0707. The van der Waals surface area contributed by atoms with Crippen molar-refractivity contribution in [3.05, 3.63) is 113 Å². The van der Waals surface area contributed by atoms with E-state index >= 15 is 0 Å². The summed E-state index contributed by atoms with van der Waals surface area (Å²) in [7, 11) is 0. The molecular weight excluding hydrogens is 580 g/mol. The summed E-state index contributed by atoms with van der Waals surface area (Å²) >= 11 is 6.01. The second-order valence-electron chi connectivity index (χ2n) is 13.0. The molecule has 0 spiro atoms. The molecular formula is C38H47ClN4O2. The highest BCUT2D eigenvalue weighted by Crippen LogP contribution is 2.28. The van der Waals surface area contributed by atoms with Crippen LogP contribution in [-0.4, -0.2) is 72.0 Å². The second-order valence-corrected chi connectivity index (χ2v) is 13.4. The Kier molecular flexibility index (Phi) is 11.5. The number of rotatable bonds is 11. The number of nitrogens with one attached hydrogen (secondary N) is 2. The molecule has 238 valence electrons. The predicted molar refractivity (Wildman–Crippen MR) is 184 cm³/mol. The summed E-state index contributed by atoms with van der Waals surface area (Å²) in [6.07, 6.45) is 8.57. The molecule has 2 fully saturated rings. The lowest BCUT2D eigenvalue weighted by Gasteiger charge is -2.36. The van der Waals surface area contributed by atoms with Crippen LogP contribution in [0.2, 0.25) is 5.02 Å². The Morgan fingerprint density at radius 2 is 1.56 bits per heavy atom. The molecule has 0 saturated carbocycles. The van der Waals surface area contributed by atoms with Gasteiger partial charge in [0.2, 0.25) is 11.8 Å². The Labute approximate surface area is 273 Å². The second kappa shape index (κ2) is 15.7. The summed E-state index contributed by atoms with van der Waals surface area (Å²) in [6.45, 7) is 8.42. The van der Waals surface area contributed by atoms with E-state index in [1.54, 1.807) is 12.2 Å².